The van der Waals surface area contributed by atoms with Gasteiger partial charge in [-0.15, -0.1) is 5.10 Å². The van der Waals surface area contributed by atoms with E-state index in [4.69, 9.17) is 4.74 Å². The fourth-order valence-electron chi connectivity index (χ4n) is 4.06. The summed E-state index contributed by atoms with van der Waals surface area (Å²) in [5.41, 5.74) is 0.628. The first-order chi connectivity index (χ1) is 17.6. The highest BCUT2D eigenvalue weighted by atomic mass is 16.5. The SMILES string of the molecule is Cc1ccc2c(c1)C(=O)NC1(CC1)C(=O)N[C@@H](C(C)C)C(=O)N[C@H](C)C(=O)NCc1cn(nn1)CCO2. The zero-order valence-electron chi connectivity index (χ0n) is 21.5. The van der Waals surface area contributed by atoms with Crippen molar-refractivity contribution in [3.8, 4) is 5.75 Å². The van der Waals surface area contributed by atoms with Gasteiger partial charge in [0.05, 0.1) is 24.8 Å². The van der Waals surface area contributed by atoms with Crippen molar-refractivity contribution in [2.45, 2.75) is 71.2 Å². The Morgan fingerprint density at radius 2 is 1.86 bits per heavy atom. The number of benzene rings is 1. The lowest BCUT2D eigenvalue weighted by atomic mass is 10.0. The van der Waals surface area contributed by atoms with Crippen LogP contribution in [0.3, 0.4) is 0 Å². The lowest BCUT2D eigenvalue weighted by Crippen LogP contribution is -2.58. The average Bonchev–Trinajstić information content (AvgIpc) is 3.49. The first-order valence-corrected chi connectivity index (χ1v) is 12.4. The standard InChI is InChI=1S/C25H33N7O5/c1-14(2)20-23(35)27-16(4)21(33)26-12-17-13-32(31-30-17)9-10-37-19-6-5-15(3)11-18(19)22(34)29-25(7-8-25)24(36)28-20/h5-6,11,13-14,16,20H,7-10,12H2,1-4H3,(H,26,33)(H,27,35)(H,28,36)(H,29,34)/t16-,20+/m1/s1. The Hall–Kier alpha value is -3.96. The maximum atomic E-state index is 13.3. The van der Waals surface area contributed by atoms with Gasteiger partial charge in [0.25, 0.3) is 5.91 Å². The van der Waals surface area contributed by atoms with Gasteiger partial charge in [-0.2, -0.15) is 0 Å². The van der Waals surface area contributed by atoms with Crippen molar-refractivity contribution in [3.63, 3.8) is 0 Å². The van der Waals surface area contributed by atoms with Gasteiger partial charge >= 0.3 is 0 Å². The van der Waals surface area contributed by atoms with E-state index in [-0.39, 0.29) is 19.1 Å². The van der Waals surface area contributed by atoms with Gasteiger partial charge in [0.1, 0.15) is 35.7 Å². The summed E-state index contributed by atoms with van der Waals surface area (Å²) in [6.45, 7) is 7.75. The van der Waals surface area contributed by atoms with E-state index in [9.17, 15) is 19.2 Å². The first kappa shape index (κ1) is 26.1. The fourth-order valence-corrected chi connectivity index (χ4v) is 4.06. The molecule has 1 aromatic heterocycles. The molecule has 12 heteroatoms. The lowest BCUT2D eigenvalue weighted by Gasteiger charge is -2.26. The van der Waals surface area contributed by atoms with Crippen molar-refractivity contribution in [1.82, 2.24) is 36.3 Å². The first-order valence-electron chi connectivity index (χ1n) is 12.4. The van der Waals surface area contributed by atoms with Crippen LogP contribution in [0.5, 0.6) is 5.75 Å². The number of fused-ring (bicyclic) bond motifs is 3. The second-order valence-corrected chi connectivity index (χ2v) is 10.0. The molecular formula is C25H33N7O5. The van der Waals surface area contributed by atoms with E-state index >= 15 is 0 Å². The Morgan fingerprint density at radius 3 is 2.57 bits per heavy atom. The van der Waals surface area contributed by atoms with Crippen molar-refractivity contribution in [2.24, 2.45) is 5.92 Å². The van der Waals surface area contributed by atoms with E-state index < -0.39 is 41.3 Å². The van der Waals surface area contributed by atoms with Crippen LogP contribution in [0.2, 0.25) is 0 Å². The third-order valence-corrected chi connectivity index (χ3v) is 6.51. The molecule has 2 aromatic rings. The number of carbonyl (C=O) groups excluding carboxylic acids is 4. The molecule has 2 heterocycles. The second kappa shape index (κ2) is 10.6. The number of carbonyl (C=O) groups is 4. The molecule has 198 valence electrons. The number of aromatic nitrogens is 3. The van der Waals surface area contributed by atoms with E-state index in [0.717, 1.165) is 5.56 Å². The molecule has 1 spiro atoms. The van der Waals surface area contributed by atoms with E-state index in [0.29, 0.717) is 36.4 Å². The van der Waals surface area contributed by atoms with Gasteiger partial charge in [-0.25, -0.2) is 4.68 Å². The Labute approximate surface area is 214 Å². The summed E-state index contributed by atoms with van der Waals surface area (Å²) in [6, 6.07) is 3.55. The van der Waals surface area contributed by atoms with Gasteiger partial charge in [0, 0.05) is 0 Å². The number of hydrogen-bond donors (Lipinski definition) is 4. The van der Waals surface area contributed by atoms with Crippen LogP contribution in [-0.4, -0.2) is 62.9 Å². The summed E-state index contributed by atoms with van der Waals surface area (Å²) >= 11 is 0. The molecule has 0 unspecified atom stereocenters. The van der Waals surface area contributed by atoms with Gasteiger partial charge in [0.2, 0.25) is 17.7 Å². The third-order valence-electron chi connectivity index (χ3n) is 6.51. The lowest BCUT2D eigenvalue weighted by molar-refractivity contribution is -0.133. The van der Waals surface area contributed by atoms with Crippen LogP contribution in [0.1, 0.15) is 55.2 Å². The van der Waals surface area contributed by atoms with Crippen molar-refractivity contribution in [3.05, 3.63) is 41.2 Å². The van der Waals surface area contributed by atoms with Gasteiger partial charge in [-0.05, 0) is 44.7 Å². The topological polar surface area (TPSA) is 156 Å². The molecule has 0 saturated heterocycles. The molecule has 4 rings (SSSR count). The van der Waals surface area contributed by atoms with Crippen LogP contribution in [0.25, 0.3) is 0 Å². The molecule has 2 atom stereocenters. The largest absolute Gasteiger partial charge is 0.491 e. The molecule has 1 fully saturated rings. The van der Waals surface area contributed by atoms with Crippen LogP contribution in [0, 0.1) is 12.8 Å². The maximum absolute atomic E-state index is 13.3. The Morgan fingerprint density at radius 1 is 1.11 bits per heavy atom. The normalized spacial score (nSPS) is 22.7. The Balaban J connectivity index is 1.61. The van der Waals surface area contributed by atoms with E-state index in [1.807, 2.05) is 13.0 Å². The van der Waals surface area contributed by atoms with Gasteiger partial charge in [-0.1, -0.05) is 30.7 Å². The number of nitrogens with one attached hydrogen (secondary N) is 4. The molecule has 1 aliphatic heterocycles. The predicted octanol–water partition coefficient (Wildman–Crippen LogP) is 0.203. The highest BCUT2D eigenvalue weighted by Crippen LogP contribution is 2.37. The van der Waals surface area contributed by atoms with Crippen LogP contribution in [0.15, 0.2) is 24.4 Å². The summed E-state index contributed by atoms with van der Waals surface area (Å²) in [4.78, 5) is 52.1. The quantitative estimate of drug-likeness (QED) is 0.426. The molecule has 1 aliphatic carbocycles. The highest BCUT2D eigenvalue weighted by molar-refractivity contribution is 6.03. The second-order valence-electron chi connectivity index (χ2n) is 10.0. The van der Waals surface area contributed by atoms with Gasteiger partial charge in [-0.3, -0.25) is 19.2 Å². The molecule has 2 aliphatic rings. The summed E-state index contributed by atoms with van der Waals surface area (Å²) in [5, 5.41) is 19.1. The average molecular weight is 512 g/mol. The van der Waals surface area contributed by atoms with Gasteiger partial charge in [0.15, 0.2) is 0 Å². The van der Waals surface area contributed by atoms with E-state index in [1.165, 1.54) is 0 Å². The number of nitrogens with zero attached hydrogens (tertiary/aromatic N) is 3. The molecule has 2 bridgehead atoms. The summed E-state index contributed by atoms with van der Waals surface area (Å²) in [7, 11) is 0. The van der Waals surface area contributed by atoms with E-state index in [2.05, 4.69) is 31.6 Å². The van der Waals surface area contributed by atoms with Crippen molar-refractivity contribution in [1.29, 1.82) is 0 Å². The number of rotatable bonds is 1. The van der Waals surface area contributed by atoms with Crippen LogP contribution in [0.4, 0.5) is 0 Å². The summed E-state index contributed by atoms with van der Waals surface area (Å²) in [5.74, 6) is -1.62. The smallest absolute Gasteiger partial charge is 0.255 e. The number of hydrogen-bond acceptors (Lipinski definition) is 7. The predicted molar refractivity (Wildman–Crippen MR) is 132 cm³/mol. The maximum Gasteiger partial charge on any atom is 0.255 e. The van der Waals surface area contributed by atoms with Crippen LogP contribution < -0.4 is 26.0 Å². The van der Waals surface area contributed by atoms with Gasteiger partial charge < -0.3 is 26.0 Å². The highest BCUT2D eigenvalue weighted by Gasteiger charge is 2.52. The van der Waals surface area contributed by atoms with Crippen molar-refractivity contribution >= 4 is 23.6 Å². The van der Waals surface area contributed by atoms with Crippen LogP contribution in [-0.2, 0) is 27.5 Å². The number of ether oxygens (including phenoxy) is 1. The summed E-state index contributed by atoms with van der Waals surface area (Å²) < 4.78 is 7.48. The fraction of sp³-hybridized carbons (Fsp3) is 0.520. The third kappa shape index (κ3) is 6.07. The minimum Gasteiger partial charge on any atom is -0.491 e. The van der Waals surface area contributed by atoms with Crippen molar-refractivity contribution < 1.29 is 23.9 Å². The molecule has 4 amide bonds. The molecule has 0 radical (unpaired) electrons. The Kier molecular flexibility index (Phi) is 7.46. The minimum atomic E-state index is -1.10. The molecule has 1 aromatic carbocycles. The Bertz CT molecular complexity index is 1200. The zero-order chi connectivity index (χ0) is 26.7. The molecule has 12 nitrogen and oxygen atoms in total. The van der Waals surface area contributed by atoms with E-state index in [1.54, 1.807) is 43.8 Å². The van der Waals surface area contributed by atoms with Crippen LogP contribution >= 0.6 is 0 Å². The molecule has 1 saturated carbocycles. The minimum absolute atomic E-state index is 0.134. The van der Waals surface area contributed by atoms with Crippen molar-refractivity contribution in [2.75, 3.05) is 6.61 Å². The summed E-state index contributed by atoms with van der Waals surface area (Å²) in [6.07, 6.45) is 2.59. The molecular weight excluding hydrogens is 478 g/mol. The molecule has 37 heavy (non-hydrogen) atoms. The number of amides is 4. The molecule has 4 N–H and O–H groups in total. The zero-order valence-corrected chi connectivity index (χ0v) is 21.5. The monoisotopic (exact) mass is 511 g/mol. The number of aryl methyl sites for hydroxylation is 1.